The quantitative estimate of drug-likeness (QED) is 0.695. The normalized spacial score (nSPS) is 13.0. The standard InChI is InChI=1S/C21H23F2NO3/c1-14(18-9-7-16(22)13-19(18)23)11-20(25)24-17(8-10-21(26)27)12-15-5-3-2-4-6-15/h2-7,9,13-14,17H,8,10-12H2,1H3,(H,24,25)(H,26,27). The van der Waals surface area contributed by atoms with E-state index in [9.17, 15) is 18.4 Å². The molecule has 0 spiro atoms. The molecular weight excluding hydrogens is 352 g/mol. The molecule has 4 nitrogen and oxygen atoms in total. The molecule has 0 saturated heterocycles. The topological polar surface area (TPSA) is 66.4 Å². The second-order valence-corrected chi connectivity index (χ2v) is 6.66. The van der Waals surface area contributed by atoms with Crippen molar-refractivity contribution in [3.05, 3.63) is 71.3 Å². The number of nitrogens with one attached hydrogen (secondary N) is 1. The van der Waals surface area contributed by atoms with Crippen LogP contribution < -0.4 is 5.32 Å². The van der Waals surface area contributed by atoms with Crippen LogP contribution in [0.1, 0.15) is 43.2 Å². The molecular formula is C21H23F2NO3. The fourth-order valence-corrected chi connectivity index (χ4v) is 3.00. The van der Waals surface area contributed by atoms with Crippen LogP contribution in [0.3, 0.4) is 0 Å². The fraction of sp³-hybridized carbons (Fsp3) is 0.333. The number of benzene rings is 2. The SMILES string of the molecule is CC(CC(=O)NC(CCC(=O)O)Cc1ccccc1)c1ccc(F)cc1F. The average Bonchev–Trinajstić information content (AvgIpc) is 2.60. The lowest BCUT2D eigenvalue weighted by Crippen LogP contribution is -2.37. The number of hydrogen-bond acceptors (Lipinski definition) is 2. The van der Waals surface area contributed by atoms with Crippen LogP contribution in [0.4, 0.5) is 8.78 Å². The Morgan fingerprint density at radius 1 is 1.11 bits per heavy atom. The van der Waals surface area contributed by atoms with Crippen molar-refractivity contribution in [1.82, 2.24) is 5.32 Å². The molecule has 0 radical (unpaired) electrons. The number of carbonyl (C=O) groups is 2. The summed E-state index contributed by atoms with van der Waals surface area (Å²) in [5, 5.41) is 11.8. The molecule has 0 heterocycles. The van der Waals surface area contributed by atoms with E-state index in [1.165, 1.54) is 6.07 Å². The molecule has 2 unspecified atom stereocenters. The summed E-state index contributed by atoms with van der Waals surface area (Å²) < 4.78 is 26.9. The van der Waals surface area contributed by atoms with Gasteiger partial charge in [-0.1, -0.05) is 43.3 Å². The van der Waals surface area contributed by atoms with Gasteiger partial charge in [-0.2, -0.15) is 0 Å². The summed E-state index contributed by atoms with van der Waals surface area (Å²) in [7, 11) is 0. The Bertz CT molecular complexity index is 780. The predicted molar refractivity (Wildman–Crippen MR) is 98.3 cm³/mol. The largest absolute Gasteiger partial charge is 0.481 e. The van der Waals surface area contributed by atoms with E-state index in [1.807, 2.05) is 30.3 Å². The molecule has 2 atom stereocenters. The Labute approximate surface area is 157 Å². The molecule has 2 aromatic carbocycles. The van der Waals surface area contributed by atoms with Gasteiger partial charge in [-0.15, -0.1) is 0 Å². The first kappa shape index (κ1) is 20.6. The van der Waals surface area contributed by atoms with Gasteiger partial charge in [0, 0.05) is 24.9 Å². The molecule has 0 aromatic heterocycles. The highest BCUT2D eigenvalue weighted by Crippen LogP contribution is 2.23. The van der Waals surface area contributed by atoms with Crippen LogP contribution in [0.5, 0.6) is 0 Å². The molecule has 1 amide bonds. The Balaban J connectivity index is 1.99. The fourth-order valence-electron chi connectivity index (χ4n) is 3.00. The van der Waals surface area contributed by atoms with Crippen molar-refractivity contribution >= 4 is 11.9 Å². The van der Waals surface area contributed by atoms with Crippen molar-refractivity contribution in [1.29, 1.82) is 0 Å². The van der Waals surface area contributed by atoms with Gasteiger partial charge in [-0.25, -0.2) is 8.78 Å². The number of carbonyl (C=O) groups excluding carboxylic acids is 1. The molecule has 0 aliphatic carbocycles. The molecule has 2 aromatic rings. The first-order valence-electron chi connectivity index (χ1n) is 8.85. The maximum atomic E-state index is 13.9. The zero-order valence-electron chi connectivity index (χ0n) is 15.1. The summed E-state index contributed by atoms with van der Waals surface area (Å²) in [5.41, 5.74) is 1.27. The zero-order chi connectivity index (χ0) is 19.8. The molecule has 0 bridgehead atoms. The average molecular weight is 375 g/mol. The minimum absolute atomic E-state index is 0.0287. The molecule has 0 aliphatic heterocycles. The van der Waals surface area contributed by atoms with Crippen LogP contribution in [0, 0.1) is 11.6 Å². The maximum absolute atomic E-state index is 13.9. The van der Waals surface area contributed by atoms with Crippen molar-refractivity contribution in [2.45, 2.75) is 44.6 Å². The highest BCUT2D eigenvalue weighted by Gasteiger charge is 2.19. The Morgan fingerprint density at radius 3 is 2.44 bits per heavy atom. The van der Waals surface area contributed by atoms with Crippen LogP contribution in [0.25, 0.3) is 0 Å². The number of rotatable bonds is 9. The van der Waals surface area contributed by atoms with E-state index < -0.39 is 23.5 Å². The minimum Gasteiger partial charge on any atom is -0.481 e. The lowest BCUT2D eigenvalue weighted by Gasteiger charge is -2.20. The number of aliphatic carboxylic acids is 1. The Morgan fingerprint density at radius 2 is 1.81 bits per heavy atom. The number of carboxylic acid groups (broad SMARTS) is 1. The van der Waals surface area contributed by atoms with Gasteiger partial charge in [0.25, 0.3) is 0 Å². The van der Waals surface area contributed by atoms with Gasteiger partial charge in [-0.05, 0) is 36.0 Å². The minimum atomic E-state index is -0.927. The van der Waals surface area contributed by atoms with Crippen molar-refractivity contribution < 1.29 is 23.5 Å². The Kier molecular flexibility index (Phi) is 7.46. The van der Waals surface area contributed by atoms with Crippen molar-refractivity contribution in [3.63, 3.8) is 0 Å². The van der Waals surface area contributed by atoms with E-state index >= 15 is 0 Å². The van der Waals surface area contributed by atoms with Crippen LogP contribution in [-0.2, 0) is 16.0 Å². The molecule has 2 N–H and O–H groups in total. The van der Waals surface area contributed by atoms with E-state index in [1.54, 1.807) is 6.92 Å². The van der Waals surface area contributed by atoms with Gasteiger partial charge in [0.1, 0.15) is 11.6 Å². The molecule has 27 heavy (non-hydrogen) atoms. The highest BCUT2D eigenvalue weighted by atomic mass is 19.1. The lowest BCUT2D eigenvalue weighted by atomic mass is 9.96. The van der Waals surface area contributed by atoms with E-state index in [0.29, 0.717) is 12.8 Å². The highest BCUT2D eigenvalue weighted by molar-refractivity contribution is 5.77. The van der Waals surface area contributed by atoms with E-state index in [-0.39, 0.29) is 30.4 Å². The number of amides is 1. The first-order valence-corrected chi connectivity index (χ1v) is 8.85. The maximum Gasteiger partial charge on any atom is 0.303 e. The third-order valence-corrected chi connectivity index (χ3v) is 4.38. The molecule has 144 valence electrons. The monoisotopic (exact) mass is 375 g/mol. The second kappa shape index (κ2) is 9.80. The molecule has 0 saturated carbocycles. The second-order valence-electron chi connectivity index (χ2n) is 6.66. The van der Waals surface area contributed by atoms with Gasteiger partial charge in [0.2, 0.25) is 5.91 Å². The number of hydrogen-bond donors (Lipinski definition) is 2. The van der Waals surface area contributed by atoms with E-state index in [0.717, 1.165) is 17.7 Å². The number of halogens is 2. The lowest BCUT2D eigenvalue weighted by molar-refractivity contribution is -0.137. The van der Waals surface area contributed by atoms with Crippen LogP contribution in [-0.4, -0.2) is 23.0 Å². The predicted octanol–water partition coefficient (Wildman–Crippen LogP) is 4.05. The van der Waals surface area contributed by atoms with E-state index in [2.05, 4.69) is 5.32 Å². The van der Waals surface area contributed by atoms with E-state index in [4.69, 9.17) is 5.11 Å². The summed E-state index contributed by atoms with van der Waals surface area (Å²) in [5.74, 6) is -2.99. The summed E-state index contributed by atoms with van der Waals surface area (Å²) in [6.07, 6.45) is 0.787. The van der Waals surface area contributed by atoms with Gasteiger partial charge in [-0.3, -0.25) is 9.59 Å². The van der Waals surface area contributed by atoms with Crippen molar-refractivity contribution in [3.8, 4) is 0 Å². The summed E-state index contributed by atoms with van der Waals surface area (Å²) in [6, 6.07) is 12.4. The zero-order valence-corrected chi connectivity index (χ0v) is 15.1. The number of carboxylic acids is 1. The summed E-state index contributed by atoms with van der Waals surface area (Å²) in [6.45, 7) is 1.69. The van der Waals surface area contributed by atoms with Gasteiger partial charge >= 0.3 is 5.97 Å². The van der Waals surface area contributed by atoms with Gasteiger partial charge in [0.05, 0.1) is 0 Å². The van der Waals surface area contributed by atoms with Crippen LogP contribution in [0.2, 0.25) is 0 Å². The molecule has 0 aliphatic rings. The first-order chi connectivity index (χ1) is 12.8. The van der Waals surface area contributed by atoms with Crippen LogP contribution >= 0.6 is 0 Å². The Hall–Kier alpha value is -2.76. The van der Waals surface area contributed by atoms with Crippen LogP contribution in [0.15, 0.2) is 48.5 Å². The van der Waals surface area contributed by atoms with Crippen molar-refractivity contribution in [2.24, 2.45) is 0 Å². The van der Waals surface area contributed by atoms with Crippen molar-refractivity contribution in [2.75, 3.05) is 0 Å². The van der Waals surface area contributed by atoms with Gasteiger partial charge < -0.3 is 10.4 Å². The van der Waals surface area contributed by atoms with Gasteiger partial charge in [0.15, 0.2) is 0 Å². The smallest absolute Gasteiger partial charge is 0.303 e. The summed E-state index contributed by atoms with van der Waals surface area (Å²) >= 11 is 0. The molecule has 0 fully saturated rings. The third kappa shape index (κ3) is 6.81. The summed E-state index contributed by atoms with van der Waals surface area (Å²) in [4.78, 5) is 23.3. The third-order valence-electron chi connectivity index (χ3n) is 4.38. The molecule has 2 rings (SSSR count). The molecule has 6 heteroatoms.